The van der Waals surface area contributed by atoms with Crippen molar-refractivity contribution in [3.8, 4) is 0 Å². The maximum absolute atomic E-state index is 12.1. The average Bonchev–Trinajstić information content (AvgIpc) is 2.66. The molecule has 7 heteroatoms. The molecule has 0 aliphatic heterocycles. The zero-order valence-corrected chi connectivity index (χ0v) is 16.3. The molecule has 2 N–H and O–H groups in total. The number of anilines is 1. The Bertz CT molecular complexity index is 876. The fraction of sp³-hybridized carbons (Fsp3) is 0.300. The van der Waals surface area contributed by atoms with E-state index >= 15 is 0 Å². The predicted molar refractivity (Wildman–Crippen MR) is 105 cm³/mol. The summed E-state index contributed by atoms with van der Waals surface area (Å²) < 4.78 is 26.8. The monoisotopic (exact) mass is 388 g/mol. The molecule has 0 spiro atoms. The van der Waals surface area contributed by atoms with E-state index in [9.17, 15) is 18.0 Å². The van der Waals surface area contributed by atoms with Crippen molar-refractivity contribution in [2.24, 2.45) is 5.92 Å². The summed E-state index contributed by atoms with van der Waals surface area (Å²) in [5.41, 5.74) is 1.06. The van der Waals surface area contributed by atoms with Crippen LogP contribution in [0.2, 0.25) is 0 Å². The zero-order valence-electron chi connectivity index (χ0n) is 15.4. The van der Waals surface area contributed by atoms with Gasteiger partial charge in [-0.15, -0.1) is 0 Å². The fourth-order valence-electron chi connectivity index (χ4n) is 2.30. The van der Waals surface area contributed by atoms with Crippen LogP contribution in [0.15, 0.2) is 59.5 Å². The van der Waals surface area contributed by atoms with Gasteiger partial charge in [-0.2, -0.15) is 0 Å². The molecule has 144 valence electrons. The van der Waals surface area contributed by atoms with Crippen LogP contribution in [0.1, 0.15) is 37.0 Å². The second-order valence-electron chi connectivity index (χ2n) is 6.61. The van der Waals surface area contributed by atoms with E-state index in [1.807, 2.05) is 19.9 Å². The van der Waals surface area contributed by atoms with Crippen molar-refractivity contribution in [2.45, 2.75) is 31.6 Å². The third-order valence-electron chi connectivity index (χ3n) is 3.80. The van der Waals surface area contributed by atoms with E-state index in [4.69, 9.17) is 0 Å². The lowest BCUT2D eigenvalue weighted by atomic mass is 10.1. The Labute approximate surface area is 160 Å². The van der Waals surface area contributed by atoms with Crippen LogP contribution in [-0.2, 0) is 14.8 Å². The largest absolute Gasteiger partial charge is 0.326 e. The van der Waals surface area contributed by atoms with Crippen LogP contribution in [0.5, 0.6) is 0 Å². The summed E-state index contributed by atoms with van der Waals surface area (Å²) in [5.74, 6) is -0.187. The number of carbonyl (C=O) groups is 2. The summed E-state index contributed by atoms with van der Waals surface area (Å²) in [7, 11) is -3.56. The van der Waals surface area contributed by atoms with Gasteiger partial charge in [0.25, 0.3) is 0 Å². The van der Waals surface area contributed by atoms with E-state index in [2.05, 4.69) is 10.0 Å². The number of nitrogens with one attached hydrogen (secondary N) is 2. The summed E-state index contributed by atoms with van der Waals surface area (Å²) in [4.78, 5) is 24.2. The molecule has 0 saturated carbocycles. The van der Waals surface area contributed by atoms with Crippen LogP contribution in [0.4, 0.5) is 5.69 Å². The first-order valence-electron chi connectivity index (χ1n) is 8.76. The zero-order chi connectivity index (χ0) is 19.9. The number of carbonyl (C=O) groups excluding carboxylic acids is 2. The maximum Gasteiger partial charge on any atom is 0.240 e. The SMILES string of the molecule is CC(C)CNS(=O)(=O)c1ccc(NC(=O)CCC(=O)c2ccccc2)cc1. The molecule has 0 aliphatic rings. The molecule has 6 nitrogen and oxygen atoms in total. The molecule has 0 aromatic heterocycles. The van der Waals surface area contributed by atoms with E-state index in [1.54, 1.807) is 24.3 Å². The van der Waals surface area contributed by atoms with E-state index in [1.165, 1.54) is 24.3 Å². The number of Topliss-reactive ketones (excluding diaryl/α,β-unsaturated/α-hetero) is 1. The van der Waals surface area contributed by atoms with Crippen LogP contribution in [0.25, 0.3) is 0 Å². The van der Waals surface area contributed by atoms with E-state index in [0.29, 0.717) is 17.8 Å². The van der Waals surface area contributed by atoms with Gasteiger partial charge in [0.1, 0.15) is 0 Å². The Morgan fingerprint density at radius 2 is 1.56 bits per heavy atom. The Morgan fingerprint density at radius 1 is 0.926 bits per heavy atom. The first kappa shape index (κ1) is 20.8. The number of sulfonamides is 1. The van der Waals surface area contributed by atoms with Gasteiger partial charge < -0.3 is 5.32 Å². The molecule has 2 aromatic rings. The normalized spacial score (nSPS) is 11.4. The molecular formula is C20H24N2O4S. The predicted octanol–water partition coefficient (Wildman–Crippen LogP) is 3.22. The Hall–Kier alpha value is -2.51. The summed E-state index contributed by atoms with van der Waals surface area (Å²) >= 11 is 0. The van der Waals surface area contributed by atoms with Crippen LogP contribution in [0, 0.1) is 5.92 Å². The molecule has 27 heavy (non-hydrogen) atoms. The van der Waals surface area contributed by atoms with E-state index in [-0.39, 0.29) is 35.3 Å². The van der Waals surface area contributed by atoms with Gasteiger partial charge in [0.05, 0.1) is 4.90 Å². The molecule has 2 rings (SSSR count). The lowest BCUT2D eigenvalue weighted by molar-refractivity contribution is -0.116. The topological polar surface area (TPSA) is 92.3 Å². The smallest absolute Gasteiger partial charge is 0.240 e. The van der Waals surface area contributed by atoms with Gasteiger partial charge in [-0.1, -0.05) is 44.2 Å². The molecule has 0 bridgehead atoms. The quantitative estimate of drug-likeness (QED) is 0.645. The maximum atomic E-state index is 12.1. The van der Waals surface area contributed by atoms with Gasteiger partial charge in [-0.05, 0) is 30.2 Å². The van der Waals surface area contributed by atoms with Crippen molar-refractivity contribution in [3.63, 3.8) is 0 Å². The standard InChI is InChI=1S/C20H24N2O4S/c1-15(2)14-21-27(25,26)18-10-8-17(9-11-18)22-20(24)13-12-19(23)16-6-4-3-5-7-16/h3-11,15,21H,12-14H2,1-2H3,(H,22,24). The minimum Gasteiger partial charge on any atom is -0.326 e. The fourth-order valence-corrected chi connectivity index (χ4v) is 3.51. The summed E-state index contributed by atoms with van der Waals surface area (Å²) in [6.45, 7) is 4.20. The number of hydrogen-bond donors (Lipinski definition) is 2. The molecule has 0 saturated heterocycles. The molecular weight excluding hydrogens is 364 g/mol. The second kappa shape index (κ2) is 9.43. The number of ketones is 1. The molecule has 0 fully saturated rings. The van der Waals surface area contributed by atoms with Gasteiger partial charge in [0.15, 0.2) is 5.78 Å². The molecule has 0 atom stereocenters. The van der Waals surface area contributed by atoms with Crippen molar-refractivity contribution < 1.29 is 18.0 Å². The van der Waals surface area contributed by atoms with Gasteiger partial charge >= 0.3 is 0 Å². The minimum absolute atomic E-state index is 0.0592. The van der Waals surface area contributed by atoms with Crippen LogP contribution in [0.3, 0.4) is 0 Å². The van der Waals surface area contributed by atoms with Crippen molar-refractivity contribution in [1.82, 2.24) is 4.72 Å². The minimum atomic E-state index is -3.56. The third kappa shape index (κ3) is 6.62. The summed E-state index contributed by atoms with van der Waals surface area (Å²) in [6.07, 6.45) is 0.172. The first-order chi connectivity index (χ1) is 12.8. The molecule has 1 amide bonds. The van der Waals surface area contributed by atoms with Crippen molar-refractivity contribution >= 4 is 27.4 Å². The number of hydrogen-bond acceptors (Lipinski definition) is 4. The average molecular weight is 388 g/mol. The lowest BCUT2D eigenvalue weighted by Gasteiger charge is -2.10. The third-order valence-corrected chi connectivity index (χ3v) is 5.24. The van der Waals surface area contributed by atoms with Crippen molar-refractivity contribution in [3.05, 3.63) is 60.2 Å². The van der Waals surface area contributed by atoms with Gasteiger partial charge in [0, 0.05) is 30.6 Å². The molecule has 2 aromatic carbocycles. The molecule has 0 aliphatic carbocycles. The highest BCUT2D eigenvalue weighted by atomic mass is 32.2. The number of amides is 1. The second-order valence-corrected chi connectivity index (χ2v) is 8.37. The van der Waals surface area contributed by atoms with Gasteiger partial charge in [-0.25, -0.2) is 13.1 Å². The number of rotatable bonds is 9. The van der Waals surface area contributed by atoms with Crippen molar-refractivity contribution in [2.75, 3.05) is 11.9 Å². The van der Waals surface area contributed by atoms with Crippen LogP contribution in [-0.4, -0.2) is 26.7 Å². The van der Waals surface area contributed by atoms with Crippen LogP contribution < -0.4 is 10.0 Å². The first-order valence-corrected chi connectivity index (χ1v) is 10.2. The van der Waals surface area contributed by atoms with E-state index in [0.717, 1.165) is 0 Å². The van der Waals surface area contributed by atoms with Crippen molar-refractivity contribution in [1.29, 1.82) is 0 Å². The Balaban J connectivity index is 1.88. The summed E-state index contributed by atoms with van der Waals surface area (Å²) in [6, 6.07) is 14.7. The lowest BCUT2D eigenvalue weighted by Crippen LogP contribution is -2.27. The Kier molecular flexibility index (Phi) is 7.27. The Morgan fingerprint density at radius 3 is 2.15 bits per heavy atom. The molecule has 0 unspecified atom stereocenters. The van der Waals surface area contributed by atoms with Gasteiger partial charge in [0.2, 0.25) is 15.9 Å². The van der Waals surface area contributed by atoms with Crippen LogP contribution >= 0.6 is 0 Å². The molecule has 0 heterocycles. The molecule has 0 radical (unpaired) electrons. The summed E-state index contributed by atoms with van der Waals surface area (Å²) in [5, 5.41) is 2.67. The number of benzene rings is 2. The highest BCUT2D eigenvalue weighted by Gasteiger charge is 2.14. The van der Waals surface area contributed by atoms with E-state index < -0.39 is 10.0 Å². The van der Waals surface area contributed by atoms with Gasteiger partial charge in [-0.3, -0.25) is 9.59 Å². The highest BCUT2D eigenvalue weighted by Crippen LogP contribution is 2.15. The highest BCUT2D eigenvalue weighted by molar-refractivity contribution is 7.89.